The highest BCUT2D eigenvalue weighted by atomic mass is 16.3. The van der Waals surface area contributed by atoms with Crippen LogP contribution in [0.1, 0.15) is 30.0 Å². The van der Waals surface area contributed by atoms with Gasteiger partial charge in [0.05, 0.1) is 11.9 Å². The summed E-state index contributed by atoms with van der Waals surface area (Å²) in [6.45, 7) is 0. The standard InChI is InChI=1S/C17H16N4O3/c22-14-8-17(24)18-12-4-1-9(5-11(12)14)6-16(23)19-15-7-13(20-21-15)10-2-3-10/h1,4-5,7-8,10H,2-3,6H2,(H2,18,22,24)(H2,19,20,21,23). The van der Waals surface area contributed by atoms with Gasteiger partial charge in [0.25, 0.3) is 5.56 Å². The zero-order valence-corrected chi connectivity index (χ0v) is 12.8. The predicted octanol–water partition coefficient (Wildman–Crippen LogP) is 2.02. The lowest BCUT2D eigenvalue weighted by molar-refractivity contribution is -0.115. The second-order valence-electron chi connectivity index (χ2n) is 6.11. The molecule has 7 heteroatoms. The fourth-order valence-corrected chi connectivity index (χ4v) is 2.77. The molecule has 0 radical (unpaired) electrons. The predicted molar refractivity (Wildman–Crippen MR) is 89.1 cm³/mol. The van der Waals surface area contributed by atoms with Crippen LogP contribution in [0.25, 0.3) is 10.9 Å². The van der Waals surface area contributed by atoms with Gasteiger partial charge in [0.1, 0.15) is 5.75 Å². The second kappa shape index (κ2) is 5.52. The number of benzene rings is 1. The molecule has 1 saturated carbocycles. The van der Waals surface area contributed by atoms with E-state index in [-0.39, 0.29) is 23.6 Å². The highest BCUT2D eigenvalue weighted by Gasteiger charge is 2.25. The van der Waals surface area contributed by atoms with Gasteiger partial charge in [-0.25, -0.2) is 0 Å². The first-order valence-corrected chi connectivity index (χ1v) is 7.78. The maximum atomic E-state index is 12.2. The van der Waals surface area contributed by atoms with Crippen LogP contribution in [-0.4, -0.2) is 26.2 Å². The number of aromatic hydroxyl groups is 1. The van der Waals surface area contributed by atoms with E-state index in [0.29, 0.717) is 22.6 Å². The molecule has 0 atom stereocenters. The largest absolute Gasteiger partial charge is 0.507 e. The van der Waals surface area contributed by atoms with Crippen molar-refractivity contribution in [3.63, 3.8) is 0 Å². The van der Waals surface area contributed by atoms with E-state index >= 15 is 0 Å². The number of pyridine rings is 1. The zero-order valence-electron chi connectivity index (χ0n) is 12.8. The highest BCUT2D eigenvalue weighted by Crippen LogP contribution is 2.39. The van der Waals surface area contributed by atoms with Gasteiger partial charge in [0.15, 0.2) is 5.82 Å². The zero-order chi connectivity index (χ0) is 16.7. The van der Waals surface area contributed by atoms with Crippen molar-refractivity contribution in [3.05, 3.63) is 51.9 Å². The van der Waals surface area contributed by atoms with Crippen molar-refractivity contribution in [1.29, 1.82) is 0 Å². The molecule has 3 aromatic rings. The molecule has 24 heavy (non-hydrogen) atoms. The number of hydrogen-bond donors (Lipinski definition) is 4. The number of aromatic amines is 2. The number of rotatable bonds is 4. The molecule has 2 heterocycles. The molecule has 7 nitrogen and oxygen atoms in total. The van der Waals surface area contributed by atoms with Crippen molar-refractivity contribution < 1.29 is 9.90 Å². The van der Waals surface area contributed by atoms with Crippen molar-refractivity contribution >= 4 is 22.6 Å². The van der Waals surface area contributed by atoms with E-state index < -0.39 is 0 Å². The number of H-pyrrole nitrogens is 2. The van der Waals surface area contributed by atoms with Crippen molar-refractivity contribution in [2.75, 3.05) is 5.32 Å². The Hall–Kier alpha value is -3.09. The van der Waals surface area contributed by atoms with Crippen LogP contribution in [0.2, 0.25) is 0 Å². The molecule has 1 aliphatic rings. The topological polar surface area (TPSA) is 111 Å². The number of fused-ring (bicyclic) bond motifs is 1. The molecular formula is C17H16N4O3. The van der Waals surface area contributed by atoms with E-state index in [9.17, 15) is 14.7 Å². The summed E-state index contributed by atoms with van der Waals surface area (Å²) in [4.78, 5) is 26.1. The Bertz CT molecular complexity index is 985. The fraction of sp³-hybridized carbons (Fsp3) is 0.235. The van der Waals surface area contributed by atoms with Gasteiger partial charge >= 0.3 is 0 Å². The molecule has 1 aliphatic carbocycles. The lowest BCUT2D eigenvalue weighted by Gasteiger charge is -2.05. The number of hydrogen-bond acceptors (Lipinski definition) is 4. The van der Waals surface area contributed by atoms with Crippen LogP contribution in [-0.2, 0) is 11.2 Å². The lowest BCUT2D eigenvalue weighted by atomic mass is 10.1. The second-order valence-corrected chi connectivity index (χ2v) is 6.11. The van der Waals surface area contributed by atoms with Crippen molar-refractivity contribution in [1.82, 2.24) is 15.2 Å². The normalized spacial score (nSPS) is 14.0. The summed E-state index contributed by atoms with van der Waals surface area (Å²) in [6.07, 6.45) is 2.48. The molecule has 4 N–H and O–H groups in total. The Labute approximate surface area is 136 Å². The lowest BCUT2D eigenvalue weighted by Crippen LogP contribution is -2.14. The highest BCUT2D eigenvalue weighted by molar-refractivity contribution is 5.93. The monoisotopic (exact) mass is 324 g/mol. The van der Waals surface area contributed by atoms with Crippen LogP contribution < -0.4 is 10.9 Å². The van der Waals surface area contributed by atoms with Gasteiger partial charge in [-0.1, -0.05) is 6.07 Å². The van der Waals surface area contributed by atoms with E-state index in [1.54, 1.807) is 18.2 Å². The van der Waals surface area contributed by atoms with Crippen LogP contribution in [0.5, 0.6) is 5.75 Å². The summed E-state index contributed by atoms with van der Waals surface area (Å²) in [5.41, 5.74) is 1.96. The third-order valence-electron chi connectivity index (χ3n) is 4.13. The number of carbonyl (C=O) groups is 1. The first-order valence-electron chi connectivity index (χ1n) is 7.78. The average Bonchev–Trinajstić information content (AvgIpc) is 3.28. The molecule has 0 unspecified atom stereocenters. The maximum absolute atomic E-state index is 12.2. The van der Waals surface area contributed by atoms with Crippen molar-refractivity contribution in [3.8, 4) is 5.75 Å². The molecule has 0 aliphatic heterocycles. The van der Waals surface area contributed by atoms with E-state index in [1.165, 1.54) is 0 Å². The smallest absolute Gasteiger partial charge is 0.252 e. The van der Waals surface area contributed by atoms with E-state index in [4.69, 9.17) is 0 Å². The van der Waals surface area contributed by atoms with Gasteiger partial charge in [-0.3, -0.25) is 14.7 Å². The van der Waals surface area contributed by atoms with E-state index in [1.807, 2.05) is 6.07 Å². The first-order chi connectivity index (χ1) is 11.6. The Morgan fingerprint density at radius 1 is 1.29 bits per heavy atom. The number of nitrogens with one attached hydrogen (secondary N) is 3. The Balaban J connectivity index is 1.50. The third-order valence-corrected chi connectivity index (χ3v) is 4.13. The van der Waals surface area contributed by atoms with Crippen LogP contribution in [0.3, 0.4) is 0 Å². The molecule has 0 saturated heterocycles. The third kappa shape index (κ3) is 2.88. The summed E-state index contributed by atoms with van der Waals surface area (Å²) >= 11 is 0. The summed E-state index contributed by atoms with van der Waals surface area (Å²) in [6, 6.07) is 8.11. The average molecular weight is 324 g/mol. The first kappa shape index (κ1) is 14.5. The molecule has 0 spiro atoms. The Morgan fingerprint density at radius 3 is 2.92 bits per heavy atom. The van der Waals surface area contributed by atoms with Crippen LogP contribution in [0, 0.1) is 0 Å². The van der Waals surface area contributed by atoms with Crippen LogP contribution in [0.4, 0.5) is 5.82 Å². The van der Waals surface area contributed by atoms with Crippen LogP contribution >= 0.6 is 0 Å². The SMILES string of the molecule is O=C(Cc1ccc2[nH]c(=O)cc(O)c2c1)Nc1cc(C2CC2)[nH]n1. The summed E-state index contributed by atoms with van der Waals surface area (Å²) in [5, 5.41) is 20.2. The number of carbonyl (C=O) groups excluding carboxylic acids is 1. The van der Waals surface area contributed by atoms with Crippen molar-refractivity contribution in [2.45, 2.75) is 25.2 Å². The molecule has 0 bridgehead atoms. The number of nitrogens with zero attached hydrogens (tertiary/aromatic N) is 1. The molecule has 1 amide bonds. The van der Waals surface area contributed by atoms with Gasteiger partial charge in [-0.2, -0.15) is 5.10 Å². The van der Waals surface area contributed by atoms with Gasteiger partial charge in [-0.15, -0.1) is 0 Å². The maximum Gasteiger partial charge on any atom is 0.252 e. The van der Waals surface area contributed by atoms with Crippen LogP contribution in [0.15, 0.2) is 35.1 Å². The van der Waals surface area contributed by atoms with E-state index in [2.05, 4.69) is 20.5 Å². The molecule has 4 rings (SSSR count). The summed E-state index contributed by atoms with van der Waals surface area (Å²) in [5.74, 6) is 0.785. The summed E-state index contributed by atoms with van der Waals surface area (Å²) < 4.78 is 0. The minimum Gasteiger partial charge on any atom is -0.507 e. The molecular weight excluding hydrogens is 308 g/mol. The van der Waals surface area contributed by atoms with Gasteiger partial charge in [0.2, 0.25) is 5.91 Å². The molecule has 1 fully saturated rings. The number of amides is 1. The number of aromatic nitrogens is 3. The Kier molecular flexibility index (Phi) is 3.34. The van der Waals surface area contributed by atoms with Gasteiger partial charge in [-0.05, 0) is 30.5 Å². The fourth-order valence-electron chi connectivity index (χ4n) is 2.77. The summed E-state index contributed by atoms with van der Waals surface area (Å²) in [7, 11) is 0. The quantitative estimate of drug-likeness (QED) is 0.588. The number of anilines is 1. The van der Waals surface area contributed by atoms with Crippen molar-refractivity contribution in [2.24, 2.45) is 0 Å². The molecule has 2 aromatic heterocycles. The molecule has 1 aromatic carbocycles. The van der Waals surface area contributed by atoms with E-state index in [0.717, 1.165) is 30.2 Å². The van der Waals surface area contributed by atoms with Gasteiger partial charge < -0.3 is 15.4 Å². The van der Waals surface area contributed by atoms with Gasteiger partial charge in [0, 0.05) is 29.1 Å². The molecule has 122 valence electrons. The minimum atomic E-state index is -0.365. The Morgan fingerprint density at radius 2 is 2.12 bits per heavy atom. The minimum absolute atomic E-state index is 0.0996.